The van der Waals surface area contributed by atoms with Crippen LogP contribution in [0.5, 0.6) is 5.75 Å². The highest BCUT2D eigenvalue weighted by atomic mass is 16.5. The van der Waals surface area contributed by atoms with Gasteiger partial charge in [0.05, 0.1) is 23.8 Å². The van der Waals surface area contributed by atoms with E-state index in [0.29, 0.717) is 24.5 Å². The molecule has 1 heterocycles. The van der Waals surface area contributed by atoms with E-state index < -0.39 is 5.60 Å². The molecule has 28 heavy (non-hydrogen) atoms. The summed E-state index contributed by atoms with van der Waals surface area (Å²) in [5, 5.41) is 13.4. The third-order valence-electron chi connectivity index (χ3n) is 5.79. The normalized spacial score (nSPS) is 20.7. The van der Waals surface area contributed by atoms with Crippen molar-refractivity contribution in [3.63, 3.8) is 0 Å². The fraction of sp³-hybridized carbons (Fsp3) is 0.619. The Balaban J connectivity index is 1.61. The van der Waals surface area contributed by atoms with E-state index in [0.717, 1.165) is 37.8 Å². The Morgan fingerprint density at radius 3 is 2.68 bits per heavy atom. The predicted octanol–water partition coefficient (Wildman–Crippen LogP) is 1.79. The SMILES string of the molecule is CN(C)C(=O)c1ccc2c(c1)N(C)[C@H](CC(=O)NCC1(O)CCCCC1)CO2. The van der Waals surface area contributed by atoms with Crippen LogP contribution in [0.3, 0.4) is 0 Å². The van der Waals surface area contributed by atoms with Crippen LogP contribution in [-0.4, -0.2) is 67.8 Å². The van der Waals surface area contributed by atoms with Crippen LogP contribution in [-0.2, 0) is 4.79 Å². The Morgan fingerprint density at radius 1 is 1.29 bits per heavy atom. The van der Waals surface area contributed by atoms with Crippen LogP contribution in [0.15, 0.2) is 18.2 Å². The van der Waals surface area contributed by atoms with Crippen molar-refractivity contribution >= 4 is 17.5 Å². The molecule has 2 N–H and O–H groups in total. The van der Waals surface area contributed by atoms with Crippen molar-refractivity contribution in [2.45, 2.75) is 50.2 Å². The minimum Gasteiger partial charge on any atom is -0.489 e. The van der Waals surface area contributed by atoms with Gasteiger partial charge in [0.1, 0.15) is 12.4 Å². The Bertz CT molecular complexity index is 728. The molecule has 1 aromatic carbocycles. The summed E-state index contributed by atoms with van der Waals surface area (Å²) in [6, 6.07) is 5.25. The molecule has 7 nitrogen and oxygen atoms in total. The molecule has 0 aromatic heterocycles. The highest BCUT2D eigenvalue weighted by Gasteiger charge is 2.31. The largest absolute Gasteiger partial charge is 0.489 e. The maximum atomic E-state index is 12.5. The zero-order valence-corrected chi connectivity index (χ0v) is 17.0. The van der Waals surface area contributed by atoms with Gasteiger partial charge in [0, 0.05) is 33.3 Å². The van der Waals surface area contributed by atoms with Gasteiger partial charge in [0.2, 0.25) is 5.91 Å². The molecule has 0 unspecified atom stereocenters. The molecule has 0 radical (unpaired) electrons. The Kier molecular flexibility index (Phi) is 6.13. The van der Waals surface area contributed by atoms with Gasteiger partial charge in [0.25, 0.3) is 5.91 Å². The molecule has 7 heteroatoms. The van der Waals surface area contributed by atoms with E-state index in [1.165, 1.54) is 4.90 Å². The Labute approximate surface area is 166 Å². The predicted molar refractivity (Wildman–Crippen MR) is 108 cm³/mol. The first-order chi connectivity index (χ1) is 13.3. The highest BCUT2D eigenvalue weighted by molar-refractivity contribution is 5.95. The second kappa shape index (κ2) is 8.39. The number of likely N-dealkylation sites (N-methyl/N-ethyl adjacent to an activating group) is 1. The Hall–Kier alpha value is -2.28. The second-order valence-electron chi connectivity index (χ2n) is 8.22. The molecule has 1 aliphatic carbocycles. The lowest BCUT2D eigenvalue weighted by Crippen LogP contribution is -2.47. The number of hydrogen-bond acceptors (Lipinski definition) is 5. The summed E-state index contributed by atoms with van der Waals surface area (Å²) in [6.45, 7) is 0.712. The van der Waals surface area contributed by atoms with Crippen LogP contribution in [0, 0.1) is 0 Å². The molecule has 154 valence electrons. The van der Waals surface area contributed by atoms with E-state index in [2.05, 4.69) is 5.32 Å². The molecule has 1 aromatic rings. The lowest BCUT2D eigenvalue weighted by atomic mass is 9.85. The lowest BCUT2D eigenvalue weighted by molar-refractivity contribution is -0.123. The zero-order valence-electron chi connectivity index (χ0n) is 17.0. The number of nitrogens with one attached hydrogen (secondary N) is 1. The molecule has 1 saturated carbocycles. The zero-order chi connectivity index (χ0) is 20.3. The number of fused-ring (bicyclic) bond motifs is 1. The lowest BCUT2D eigenvalue weighted by Gasteiger charge is -2.36. The molecule has 1 aliphatic heterocycles. The Morgan fingerprint density at radius 2 is 2.00 bits per heavy atom. The van der Waals surface area contributed by atoms with Crippen molar-refractivity contribution in [3.05, 3.63) is 23.8 Å². The smallest absolute Gasteiger partial charge is 0.253 e. The number of aliphatic hydroxyl groups is 1. The topological polar surface area (TPSA) is 82.1 Å². The monoisotopic (exact) mass is 389 g/mol. The summed E-state index contributed by atoms with van der Waals surface area (Å²) in [5.74, 6) is 0.547. The molecule has 1 atom stereocenters. The minimum absolute atomic E-state index is 0.0724. The van der Waals surface area contributed by atoms with E-state index in [9.17, 15) is 14.7 Å². The molecular formula is C21H31N3O4. The highest BCUT2D eigenvalue weighted by Crippen LogP contribution is 2.35. The maximum absolute atomic E-state index is 12.5. The first-order valence-electron chi connectivity index (χ1n) is 9.99. The van der Waals surface area contributed by atoms with E-state index in [4.69, 9.17) is 4.74 Å². The van der Waals surface area contributed by atoms with Gasteiger partial charge in [-0.3, -0.25) is 9.59 Å². The molecule has 1 fully saturated rings. The number of anilines is 1. The number of carbonyl (C=O) groups is 2. The van der Waals surface area contributed by atoms with Crippen molar-refractivity contribution in [1.82, 2.24) is 10.2 Å². The van der Waals surface area contributed by atoms with Gasteiger partial charge in [-0.05, 0) is 31.0 Å². The van der Waals surface area contributed by atoms with Gasteiger partial charge in [-0.2, -0.15) is 0 Å². The summed E-state index contributed by atoms with van der Waals surface area (Å²) >= 11 is 0. The number of nitrogens with zero attached hydrogens (tertiary/aromatic N) is 2. The minimum atomic E-state index is -0.767. The second-order valence-corrected chi connectivity index (χ2v) is 8.22. The van der Waals surface area contributed by atoms with E-state index in [1.807, 2.05) is 18.0 Å². The van der Waals surface area contributed by atoms with Gasteiger partial charge in [-0.15, -0.1) is 0 Å². The molecule has 0 saturated heterocycles. The number of hydrogen-bond donors (Lipinski definition) is 2. The van der Waals surface area contributed by atoms with E-state index in [-0.39, 0.29) is 24.3 Å². The van der Waals surface area contributed by atoms with Crippen molar-refractivity contribution in [2.75, 3.05) is 39.2 Å². The van der Waals surface area contributed by atoms with E-state index >= 15 is 0 Å². The number of carbonyl (C=O) groups excluding carboxylic acids is 2. The average Bonchev–Trinajstić information content (AvgIpc) is 2.68. The van der Waals surface area contributed by atoms with Gasteiger partial charge < -0.3 is 25.0 Å². The molecule has 0 bridgehead atoms. The molecule has 2 aliphatic rings. The van der Waals surface area contributed by atoms with Crippen LogP contribution in [0.25, 0.3) is 0 Å². The number of ether oxygens (including phenoxy) is 1. The van der Waals surface area contributed by atoms with Crippen LogP contribution < -0.4 is 15.0 Å². The summed E-state index contributed by atoms with van der Waals surface area (Å²) in [5.41, 5.74) is 0.628. The summed E-state index contributed by atoms with van der Waals surface area (Å²) in [4.78, 5) is 28.2. The average molecular weight is 389 g/mol. The third-order valence-corrected chi connectivity index (χ3v) is 5.79. The van der Waals surface area contributed by atoms with Crippen LogP contribution in [0.2, 0.25) is 0 Å². The van der Waals surface area contributed by atoms with Gasteiger partial charge >= 0.3 is 0 Å². The maximum Gasteiger partial charge on any atom is 0.253 e. The van der Waals surface area contributed by atoms with Crippen molar-refractivity contribution in [2.24, 2.45) is 0 Å². The number of amides is 2. The fourth-order valence-corrected chi connectivity index (χ4v) is 3.93. The number of rotatable bonds is 5. The van der Waals surface area contributed by atoms with Crippen molar-refractivity contribution in [3.8, 4) is 5.75 Å². The third kappa shape index (κ3) is 4.58. The number of benzene rings is 1. The van der Waals surface area contributed by atoms with Gasteiger partial charge in [-0.1, -0.05) is 19.3 Å². The van der Waals surface area contributed by atoms with Crippen LogP contribution >= 0.6 is 0 Å². The quantitative estimate of drug-likeness (QED) is 0.802. The van der Waals surface area contributed by atoms with Crippen molar-refractivity contribution < 1.29 is 19.4 Å². The molecule has 0 spiro atoms. The van der Waals surface area contributed by atoms with Gasteiger partial charge in [0.15, 0.2) is 0 Å². The van der Waals surface area contributed by atoms with Crippen LogP contribution in [0.4, 0.5) is 5.69 Å². The summed E-state index contributed by atoms with van der Waals surface area (Å²) in [6.07, 6.45) is 4.94. The standard InChI is InChI=1S/C21H31N3O4/c1-23(2)20(26)15-7-8-18-17(11-15)24(3)16(13-28-18)12-19(25)22-14-21(27)9-5-4-6-10-21/h7-8,11,16,27H,4-6,9-10,12-14H2,1-3H3,(H,22,25)/t16-/m1/s1. The van der Waals surface area contributed by atoms with E-state index in [1.54, 1.807) is 26.2 Å². The molecule has 3 rings (SSSR count). The van der Waals surface area contributed by atoms with Gasteiger partial charge in [-0.25, -0.2) is 0 Å². The fourth-order valence-electron chi connectivity index (χ4n) is 3.93. The molecular weight excluding hydrogens is 358 g/mol. The summed E-state index contributed by atoms with van der Waals surface area (Å²) in [7, 11) is 5.35. The molecule has 2 amide bonds. The first-order valence-corrected chi connectivity index (χ1v) is 9.99. The van der Waals surface area contributed by atoms with Crippen molar-refractivity contribution in [1.29, 1.82) is 0 Å². The first kappa shape index (κ1) is 20.5. The summed E-state index contributed by atoms with van der Waals surface area (Å²) < 4.78 is 5.82. The van der Waals surface area contributed by atoms with Crippen LogP contribution in [0.1, 0.15) is 48.9 Å².